The molecular weight excluding hydrogens is 270 g/mol. The highest BCUT2D eigenvalue weighted by Crippen LogP contribution is 2.37. The van der Waals surface area contributed by atoms with Gasteiger partial charge >= 0.3 is 0 Å². The Kier molecular flexibility index (Phi) is 3.19. The average molecular weight is 276 g/mol. The van der Waals surface area contributed by atoms with Crippen LogP contribution in [0.3, 0.4) is 0 Å². The van der Waals surface area contributed by atoms with E-state index in [1.807, 2.05) is 0 Å². The summed E-state index contributed by atoms with van der Waals surface area (Å²) in [5.74, 6) is -0.0471. The van der Waals surface area contributed by atoms with Gasteiger partial charge in [0.1, 0.15) is 5.75 Å². The zero-order valence-corrected chi connectivity index (χ0v) is 10.1. The highest BCUT2D eigenvalue weighted by Gasteiger charge is 2.12. The minimum atomic E-state index is -0.0471. The van der Waals surface area contributed by atoms with Crippen LogP contribution in [0.4, 0.5) is 0 Å². The molecule has 0 saturated heterocycles. The van der Waals surface area contributed by atoms with Gasteiger partial charge in [-0.25, -0.2) is 0 Å². The molecule has 1 aromatic carbocycles. The van der Waals surface area contributed by atoms with Crippen LogP contribution in [0.25, 0.3) is 11.3 Å². The van der Waals surface area contributed by atoms with Crippen molar-refractivity contribution in [2.45, 2.75) is 0 Å². The van der Waals surface area contributed by atoms with Gasteiger partial charge in [-0.05, 0) is 24.3 Å². The topological polar surface area (TPSA) is 46.0 Å². The number of hydrogen-bond acceptors (Lipinski definition) is 3. The minimum absolute atomic E-state index is 0.0471. The normalized spacial score (nSPS) is 10.4. The lowest BCUT2D eigenvalue weighted by molar-refractivity contribution is 0.477. The Balaban J connectivity index is 2.60. The zero-order chi connectivity index (χ0) is 11.7. The summed E-state index contributed by atoms with van der Waals surface area (Å²) in [7, 11) is 0. The molecule has 0 bridgehead atoms. The molecule has 0 fully saturated rings. The highest BCUT2D eigenvalue weighted by atomic mass is 35.5. The molecule has 0 spiro atoms. The number of benzene rings is 1. The number of nitrogens with zero attached hydrogens (tertiary/aromatic N) is 2. The van der Waals surface area contributed by atoms with Gasteiger partial charge in [0.25, 0.3) is 0 Å². The molecule has 16 heavy (non-hydrogen) atoms. The standard InChI is InChI=1S/C10H5Cl3N2O/c11-5-3-6(12)10(8(16)4-5)7-1-2-9(13)15-14-7/h1-4,16H. The first-order valence-electron chi connectivity index (χ1n) is 4.25. The molecule has 2 rings (SSSR count). The number of phenols is 1. The maximum Gasteiger partial charge on any atom is 0.151 e. The van der Waals surface area contributed by atoms with E-state index < -0.39 is 0 Å². The second-order valence-corrected chi connectivity index (χ2v) is 4.25. The molecule has 82 valence electrons. The Morgan fingerprint density at radius 1 is 1.00 bits per heavy atom. The molecule has 0 aliphatic heterocycles. The first-order valence-corrected chi connectivity index (χ1v) is 5.39. The molecule has 1 aromatic heterocycles. The van der Waals surface area contributed by atoms with Gasteiger partial charge in [0, 0.05) is 5.02 Å². The molecule has 0 saturated carbocycles. The summed E-state index contributed by atoms with van der Waals surface area (Å²) in [5, 5.41) is 18.2. The summed E-state index contributed by atoms with van der Waals surface area (Å²) in [6.07, 6.45) is 0. The SMILES string of the molecule is Oc1cc(Cl)cc(Cl)c1-c1ccc(Cl)nn1. The lowest BCUT2D eigenvalue weighted by atomic mass is 10.1. The van der Waals surface area contributed by atoms with Crippen LogP contribution in [0.15, 0.2) is 24.3 Å². The van der Waals surface area contributed by atoms with Crippen molar-refractivity contribution in [2.75, 3.05) is 0 Å². The Morgan fingerprint density at radius 3 is 2.31 bits per heavy atom. The van der Waals surface area contributed by atoms with Crippen LogP contribution in [0.1, 0.15) is 0 Å². The Hall–Kier alpha value is -1.03. The van der Waals surface area contributed by atoms with E-state index in [9.17, 15) is 5.11 Å². The number of aromatic nitrogens is 2. The number of halogens is 3. The number of rotatable bonds is 1. The molecule has 0 aliphatic carbocycles. The fraction of sp³-hybridized carbons (Fsp3) is 0. The van der Waals surface area contributed by atoms with Gasteiger partial charge in [-0.1, -0.05) is 34.8 Å². The van der Waals surface area contributed by atoms with E-state index in [-0.39, 0.29) is 10.9 Å². The Morgan fingerprint density at radius 2 is 1.75 bits per heavy atom. The maximum atomic E-state index is 9.73. The van der Waals surface area contributed by atoms with E-state index in [0.717, 1.165) is 0 Å². The predicted octanol–water partition coefficient (Wildman–Crippen LogP) is 3.81. The number of hydrogen-bond donors (Lipinski definition) is 1. The summed E-state index contributed by atoms with van der Waals surface area (Å²) in [6, 6.07) is 6.09. The van der Waals surface area contributed by atoms with Gasteiger partial charge < -0.3 is 5.11 Å². The lowest BCUT2D eigenvalue weighted by Gasteiger charge is -2.06. The molecule has 0 aliphatic rings. The Bertz CT molecular complexity index is 505. The van der Waals surface area contributed by atoms with Gasteiger partial charge in [0.2, 0.25) is 0 Å². The van der Waals surface area contributed by atoms with Crippen molar-refractivity contribution < 1.29 is 5.11 Å². The van der Waals surface area contributed by atoms with E-state index in [2.05, 4.69) is 10.2 Å². The molecule has 1 N–H and O–H groups in total. The van der Waals surface area contributed by atoms with Crippen LogP contribution in [0.5, 0.6) is 5.75 Å². The molecular formula is C10H5Cl3N2O. The van der Waals surface area contributed by atoms with Crippen LogP contribution in [0, 0.1) is 0 Å². The van der Waals surface area contributed by atoms with Crippen molar-refractivity contribution >= 4 is 34.8 Å². The molecule has 0 amide bonds. The average Bonchev–Trinajstić information content (AvgIpc) is 2.19. The third-order valence-corrected chi connectivity index (χ3v) is 2.64. The van der Waals surface area contributed by atoms with Gasteiger partial charge in [0.15, 0.2) is 5.15 Å². The van der Waals surface area contributed by atoms with Crippen molar-refractivity contribution in [3.05, 3.63) is 39.5 Å². The first kappa shape index (κ1) is 11.5. The molecule has 0 radical (unpaired) electrons. The largest absolute Gasteiger partial charge is 0.507 e. The monoisotopic (exact) mass is 274 g/mol. The van der Waals surface area contributed by atoms with Crippen LogP contribution >= 0.6 is 34.8 Å². The van der Waals surface area contributed by atoms with Crippen LogP contribution in [0.2, 0.25) is 15.2 Å². The molecule has 0 atom stereocenters. The Labute approximate surface area is 107 Å². The van der Waals surface area contributed by atoms with Crippen molar-refractivity contribution in [1.29, 1.82) is 0 Å². The summed E-state index contributed by atoms with van der Waals surface area (Å²) >= 11 is 17.3. The quantitative estimate of drug-likeness (QED) is 0.861. The first-order chi connectivity index (χ1) is 7.58. The molecule has 1 heterocycles. The second kappa shape index (κ2) is 4.45. The molecule has 0 unspecified atom stereocenters. The summed E-state index contributed by atoms with van der Waals surface area (Å²) < 4.78 is 0. The van der Waals surface area contributed by atoms with Crippen LogP contribution in [-0.2, 0) is 0 Å². The van der Waals surface area contributed by atoms with Crippen molar-refractivity contribution in [2.24, 2.45) is 0 Å². The lowest BCUT2D eigenvalue weighted by Crippen LogP contribution is -1.89. The minimum Gasteiger partial charge on any atom is -0.507 e. The maximum absolute atomic E-state index is 9.73. The smallest absolute Gasteiger partial charge is 0.151 e. The zero-order valence-electron chi connectivity index (χ0n) is 7.78. The summed E-state index contributed by atoms with van der Waals surface area (Å²) in [5.41, 5.74) is 0.818. The summed E-state index contributed by atoms with van der Waals surface area (Å²) in [6.45, 7) is 0. The van der Waals surface area contributed by atoms with E-state index >= 15 is 0 Å². The number of aromatic hydroxyl groups is 1. The van der Waals surface area contributed by atoms with Gasteiger partial charge in [-0.15, -0.1) is 10.2 Å². The van der Waals surface area contributed by atoms with Gasteiger partial charge in [0.05, 0.1) is 16.3 Å². The molecule has 6 heteroatoms. The molecule has 2 aromatic rings. The van der Waals surface area contributed by atoms with Gasteiger partial charge in [-0.3, -0.25) is 0 Å². The second-order valence-electron chi connectivity index (χ2n) is 3.02. The van der Waals surface area contributed by atoms with Gasteiger partial charge in [-0.2, -0.15) is 0 Å². The van der Waals surface area contributed by atoms with Crippen LogP contribution < -0.4 is 0 Å². The van der Waals surface area contributed by atoms with E-state index in [0.29, 0.717) is 21.3 Å². The van der Waals surface area contributed by atoms with Crippen LogP contribution in [-0.4, -0.2) is 15.3 Å². The van der Waals surface area contributed by atoms with E-state index in [4.69, 9.17) is 34.8 Å². The van der Waals surface area contributed by atoms with E-state index in [1.54, 1.807) is 12.1 Å². The highest BCUT2D eigenvalue weighted by molar-refractivity contribution is 6.36. The third kappa shape index (κ3) is 2.21. The van der Waals surface area contributed by atoms with Crippen molar-refractivity contribution in [3.63, 3.8) is 0 Å². The fourth-order valence-corrected chi connectivity index (χ4v) is 1.94. The number of phenolic OH excluding ortho intramolecular Hbond substituents is 1. The summed E-state index contributed by atoms with van der Waals surface area (Å²) in [4.78, 5) is 0. The molecule has 3 nitrogen and oxygen atoms in total. The van der Waals surface area contributed by atoms with Crippen molar-refractivity contribution in [3.8, 4) is 17.0 Å². The van der Waals surface area contributed by atoms with Crippen molar-refractivity contribution in [1.82, 2.24) is 10.2 Å². The van der Waals surface area contributed by atoms with E-state index in [1.165, 1.54) is 12.1 Å². The predicted molar refractivity (Wildman–Crippen MR) is 64.2 cm³/mol. The fourth-order valence-electron chi connectivity index (χ4n) is 1.26. The third-order valence-electron chi connectivity index (χ3n) is 1.92.